The van der Waals surface area contributed by atoms with Gasteiger partial charge in [0.05, 0.1) is 17.6 Å². The molecule has 2 heterocycles. The summed E-state index contributed by atoms with van der Waals surface area (Å²) in [5, 5.41) is 2.71. The second-order valence-electron chi connectivity index (χ2n) is 6.52. The topological polar surface area (TPSA) is 64.1 Å². The molecule has 150 valence electrons. The van der Waals surface area contributed by atoms with Gasteiger partial charge in [0.25, 0.3) is 5.91 Å². The highest BCUT2D eigenvalue weighted by Gasteiger charge is 2.12. The average Bonchev–Trinajstić information content (AvgIpc) is 2.75. The normalized spacial score (nSPS) is 11.1. The zero-order chi connectivity index (χ0) is 20.5. The van der Waals surface area contributed by atoms with Crippen molar-refractivity contribution in [3.05, 3.63) is 77.9 Å². The smallest absolute Gasteiger partial charge is 0.270 e. The number of nitrogens with zero attached hydrogens (tertiary/aromatic N) is 2. The minimum Gasteiger partial charge on any atom is -0.490 e. The van der Waals surface area contributed by atoms with Gasteiger partial charge in [0, 0.05) is 18.3 Å². The van der Waals surface area contributed by atoms with Crippen molar-refractivity contribution in [1.82, 2.24) is 15.3 Å². The van der Waals surface area contributed by atoms with Crippen LogP contribution in [0.5, 0.6) is 5.75 Å². The molecule has 0 saturated heterocycles. The van der Waals surface area contributed by atoms with Gasteiger partial charge in [0.2, 0.25) is 0 Å². The molecule has 0 atom stereocenters. The predicted octanol–water partition coefficient (Wildman–Crippen LogP) is 4.82. The number of carbonyl (C=O) groups is 1. The number of rotatable bonds is 9. The monoisotopic (exact) mass is 393 g/mol. The fourth-order valence-corrected chi connectivity index (χ4v) is 2.82. The molecule has 5 nitrogen and oxygen atoms in total. The quantitative estimate of drug-likeness (QED) is 0.418. The molecule has 3 rings (SSSR count). The Balaban J connectivity index is 1.58. The first-order valence-corrected chi connectivity index (χ1v) is 9.74. The fraction of sp³-hybridized carbons (Fsp3) is 0.261. The summed E-state index contributed by atoms with van der Waals surface area (Å²) in [5.41, 5.74) is 1.98. The molecule has 3 aromatic rings. The lowest BCUT2D eigenvalue weighted by atomic mass is 10.2. The number of halogens is 1. The molecule has 0 aliphatic heterocycles. The van der Waals surface area contributed by atoms with Crippen molar-refractivity contribution in [2.75, 3.05) is 6.61 Å². The minimum absolute atomic E-state index is 0.0495. The lowest BCUT2D eigenvalue weighted by Crippen LogP contribution is -2.24. The van der Waals surface area contributed by atoms with E-state index in [1.54, 1.807) is 48.7 Å². The van der Waals surface area contributed by atoms with E-state index in [4.69, 9.17) is 4.74 Å². The SMILES string of the molecule is CCC=CCCCOc1cccc(CNC(=O)c2ccc3ncccc3n2)c1F. The van der Waals surface area contributed by atoms with Gasteiger partial charge in [-0.2, -0.15) is 0 Å². The second kappa shape index (κ2) is 10.3. The summed E-state index contributed by atoms with van der Waals surface area (Å²) in [7, 11) is 0. The fourth-order valence-electron chi connectivity index (χ4n) is 2.82. The van der Waals surface area contributed by atoms with Crippen LogP contribution in [-0.2, 0) is 6.54 Å². The van der Waals surface area contributed by atoms with Crippen LogP contribution in [0.1, 0.15) is 42.2 Å². The Bertz CT molecular complexity index is 1000. The molecule has 0 saturated carbocycles. The Morgan fingerprint density at radius 3 is 2.90 bits per heavy atom. The van der Waals surface area contributed by atoms with Crippen LogP contribution < -0.4 is 10.1 Å². The lowest BCUT2D eigenvalue weighted by molar-refractivity contribution is 0.0946. The van der Waals surface area contributed by atoms with Crippen LogP contribution in [0.15, 0.2) is 60.8 Å². The molecule has 0 unspecified atom stereocenters. The van der Waals surface area contributed by atoms with Crippen LogP contribution in [-0.4, -0.2) is 22.5 Å². The zero-order valence-corrected chi connectivity index (χ0v) is 16.4. The molecule has 0 fully saturated rings. The summed E-state index contributed by atoms with van der Waals surface area (Å²) in [6.45, 7) is 2.57. The minimum atomic E-state index is -0.451. The number of fused-ring (bicyclic) bond motifs is 1. The number of unbranched alkanes of at least 4 members (excludes halogenated alkanes) is 1. The third-order valence-corrected chi connectivity index (χ3v) is 4.35. The van der Waals surface area contributed by atoms with Gasteiger partial charge in [-0.3, -0.25) is 9.78 Å². The third-order valence-electron chi connectivity index (χ3n) is 4.35. The van der Waals surface area contributed by atoms with Crippen molar-refractivity contribution < 1.29 is 13.9 Å². The summed E-state index contributed by atoms with van der Waals surface area (Å²) in [6.07, 6.45) is 8.60. The van der Waals surface area contributed by atoms with E-state index in [0.29, 0.717) is 23.2 Å². The number of carbonyl (C=O) groups excluding carboxylic acids is 1. The van der Waals surface area contributed by atoms with E-state index in [9.17, 15) is 9.18 Å². The van der Waals surface area contributed by atoms with Crippen LogP contribution in [0, 0.1) is 5.82 Å². The van der Waals surface area contributed by atoms with Crippen LogP contribution in [0.3, 0.4) is 0 Å². The molecule has 1 amide bonds. The molecule has 6 heteroatoms. The number of hydrogen-bond acceptors (Lipinski definition) is 4. The molecule has 2 aromatic heterocycles. The van der Waals surface area contributed by atoms with Crippen molar-refractivity contribution in [3.8, 4) is 5.75 Å². The van der Waals surface area contributed by atoms with Gasteiger partial charge in [-0.05, 0) is 49.6 Å². The zero-order valence-electron chi connectivity index (χ0n) is 16.4. The third kappa shape index (κ3) is 5.60. The predicted molar refractivity (Wildman–Crippen MR) is 111 cm³/mol. The molecule has 0 aliphatic carbocycles. The van der Waals surface area contributed by atoms with Gasteiger partial charge in [-0.25, -0.2) is 9.37 Å². The molecule has 0 bridgehead atoms. The number of nitrogens with one attached hydrogen (secondary N) is 1. The summed E-state index contributed by atoms with van der Waals surface area (Å²) >= 11 is 0. The maximum absolute atomic E-state index is 14.6. The number of ether oxygens (including phenoxy) is 1. The lowest BCUT2D eigenvalue weighted by Gasteiger charge is -2.11. The number of aromatic nitrogens is 2. The van der Waals surface area contributed by atoms with Crippen LogP contribution >= 0.6 is 0 Å². The van der Waals surface area contributed by atoms with Gasteiger partial charge < -0.3 is 10.1 Å². The first kappa shape index (κ1) is 20.5. The van der Waals surface area contributed by atoms with Crippen LogP contribution in [0.2, 0.25) is 0 Å². The second-order valence-corrected chi connectivity index (χ2v) is 6.52. The molecule has 0 spiro atoms. The Morgan fingerprint density at radius 1 is 1.14 bits per heavy atom. The highest BCUT2D eigenvalue weighted by molar-refractivity contribution is 5.94. The summed E-state index contributed by atoms with van der Waals surface area (Å²) in [4.78, 5) is 20.9. The first-order valence-electron chi connectivity index (χ1n) is 9.74. The first-order chi connectivity index (χ1) is 14.2. The number of hydrogen-bond donors (Lipinski definition) is 1. The largest absolute Gasteiger partial charge is 0.490 e. The molecule has 1 N–H and O–H groups in total. The Kier molecular flexibility index (Phi) is 7.28. The molecule has 29 heavy (non-hydrogen) atoms. The molecular formula is C23H24FN3O2. The van der Waals surface area contributed by atoms with Gasteiger partial charge in [-0.15, -0.1) is 0 Å². The summed E-state index contributed by atoms with van der Waals surface area (Å²) in [5.74, 6) is -0.622. The standard InChI is InChI=1S/C23H24FN3O2/c1-2-3-4-5-6-15-29-21-11-7-9-17(22(21)24)16-26-23(28)20-13-12-18-19(27-20)10-8-14-25-18/h3-4,7-14H,2,5-6,15-16H2,1H3,(H,26,28). The van der Waals surface area contributed by atoms with Crippen LogP contribution in [0.25, 0.3) is 11.0 Å². The van der Waals surface area contributed by atoms with Crippen molar-refractivity contribution in [3.63, 3.8) is 0 Å². The highest BCUT2D eigenvalue weighted by atomic mass is 19.1. The van der Waals surface area contributed by atoms with E-state index in [-0.39, 0.29) is 23.9 Å². The molecule has 1 aromatic carbocycles. The van der Waals surface area contributed by atoms with E-state index < -0.39 is 5.82 Å². The molecular weight excluding hydrogens is 369 g/mol. The Labute approximate surface area is 169 Å². The van der Waals surface area contributed by atoms with Gasteiger partial charge in [0.15, 0.2) is 11.6 Å². The van der Waals surface area contributed by atoms with Gasteiger partial charge in [-0.1, -0.05) is 31.2 Å². The maximum atomic E-state index is 14.6. The average molecular weight is 393 g/mol. The van der Waals surface area contributed by atoms with E-state index >= 15 is 0 Å². The summed E-state index contributed by atoms with van der Waals surface area (Å²) < 4.78 is 20.2. The Morgan fingerprint density at radius 2 is 2.03 bits per heavy atom. The van der Waals surface area contributed by atoms with Crippen LogP contribution in [0.4, 0.5) is 4.39 Å². The number of allylic oxidation sites excluding steroid dienone is 2. The maximum Gasteiger partial charge on any atom is 0.270 e. The van der Waals surface area contributed by atoms with Crippen molar-refractivity contribution in [1.29, 1.82) is 0 Å². The van der Waals surface area contributed by atoms with Gasteiger partial charge in [0.1, 0.15) is 5.69 Å². The van der Waals surface area contributed by atoms with E-state index in [2.05, 4.69) is 34.4 Å². The van der Waals surface area contributed by atoms with Gasteiger partial charge >= 0.3 is 0 Å². The van der Waals surface area contributed by atoms with E-state index in [1.807, 2.05) is 0 Å². The van der Waals surface area contributed by atoms with Crippen molar-refractivity contribution in [2.24, 2.45) is 0 Å². The highest BCUT2D eigenvalue weighted by Crippen LogP contribution is 2.21. The van der Waals surface area contributed by atoms with Crippen molar-refractivity contribution >= 4 is 16.9 Å². The van der Waals surface area contributed by atoms with Crippen molar-refractivity contribution in [2.45, 2.75) is 32.7 Å². The molecule has 0 aliphatic rings. The Hall–Kier alpha value is -3.28. The van der Waals surface area contributed by atoms with E-state index in [1.165, 1.54) is 0 Å². The molecule has 0 radical (unpaired) electrons. The van der Waals surface area contributed by atoms with E-state index in [0.717, 1.165) is 19.3 Å². The summed E-state index contributed by atoms with van der Waals surface area (Å²) in [6, 6.07) is 11.8. The number of benzene rings is 1. The number of amides is 1. The number of pyridine rings is 2.